The fraction of sp³-hybridized carbons (Fsp3) is 0.429. The van der Waals surface area contributed by atoms with Crippen molar-refractivity contribution in [2.24, 2.45) is 0 Å². The lowest BCUT2D eigenvalue weighted by Crippen LogP contribution is -2.23. The molecule has 1 aliphatic rings. The smallest absolute Gasteiger partial charge is 0.416 e. The van der Waals surface area contributed by atoms with Gasteiger partial charge in [-0.25, -0.2) is 4.79 Å². The molecule has 0 aliphatic carbocycles. The molecule has 1 N–H and O–H groups in total. The number of rotatable bonds is 6. The quantitative estimate of drug-likeness (QED) is 0.470. The number of nitro benzene ring substituents is 1. The SMILES string of the molecule is O=C(CCNc1ccc(C(F)(F)F)cc1[N+](=O)[O-])O[C@H]1CCOC1=O. The number of alkyl halides is 3. The molecular weight excluding hydrogens is 349 g/mol. The number of cyclic esters (lactones) is 1. The minimum Gasteiger partial charge on any atom is -0.463 e. The molecule has 1 aromatic rings. The van der Waals surface area contributed by atoms with Crippen LogP contribution in [0.4, 0.5) is 24.5 Å². The molecule has 1 aliphatic heterocycles. The fourth-order valence-corrected chi connectivity index (χ4v) is 2.11. The van der Waals surface area contributed by atoms with Crippen LogP contribution in [0.5, 0.6) is 0 Å². The highest BCUT2D eigenvalue weighted by molar-refractivity contribution is 5.80. The number of benzene rings is 1. The van der Waals surface area contributed by atoms with Crippen molar-refractivity contribution >= 4 is 23.3 Å². The number of anilines is 1. The largest absolute Gasteiger partial charge is 0.463 e. The van der Waals surface area contributed by atoms with Crippen molar-refractivity contribution in [3.63, 3.8) is 0 Å². The summed E-state index contributed by atoms with van der Waals surface area (Å²) in [5.41, 5.74) is -2.07. The Kier molecular flexibility index (Phi) is 5.45. The van der Waals surface area contributed by atoms with Crippen molar-refractivity contribution in [1.82, 2.24) is 0 Å². The van der Waals surface area contributed by atoms with Crippen molar-refractivity contribution in [2.75, 3.05) is 18.5 Å². The van der Waals surface area contributed by atoms with Crippen molar-refractivity contribution < 1.29 is 37.2 Å². The van der Waals surface area contributed by atoms with Crippen LogP contribution in [0.1, 0.15) is 18.4 Å². The second-order valence-electron chi connectivity index (χ2n) is 5.10. The van der Waals surface area contributed by atoms with Gasteiger partial charge in [0.15, 0.2) is 0 Å². The molecule has 1 atom stereocenters. The Hall–Kier alpha value is -2.85. The molecule has 0 bridgehead atoms. The lowest BCUT2D eigenvalue weighted by molar-refractivity contribution is -0.384. The minimum absolute atomic E-state index is 0.118. The van der Waals surface area contributed by atoms with E-state index in [9.17, 15) is 32.9 Å². The van der Waals surface area contributed by atoms with Crippen LogP contribution in [0.25, 0.3) is 0 Å². The van der Waals surface area contributed by atoms with Crippen molar-refractivity contribution in [3.05, 3.63) is 33.9 Å². The number of hydrogen-bond acceptors (Lipinski definition) is 7. The minimum atomic E-state index is -4.71. The molecule has 8 nitrogen and oxygen atoms in total. The third kappa shape index (κ3) is 4.81. The zero-order chi connectivity index (χ0) is 18.6. The van der Waals surface area contributed by atoms with Gasteiger partial charge in [-0.3, -0.25) is 14.9 Å². The first kappa shape index (κ1) is 18.5. The summed E-state index contributed by atoms with van der Waals surface area (Å²) in [6.07, 6.45) is -5.65. The zero-order valence-corrected chi connectivity index (χ0v) is 12.7. The molecule has 25 heavy (non-hydrogen) atoms. The first-order valence-electron chi connectivity index (χ1n) is 7.14. The van der Waals surface area contributed by atoms with Crippen LogP contribution in [0.2, 0.25) is 0 Å². The molecule has 1 saturated heterocycles. The number of nitrogens with one attached hydrogen (secondary N) is 1. The van der Waals surface area contributed by atoms with E-state index in [1.165, 1.54) is 0 Å². The predicted octanol–water partition coefficient (Wildman–Crippen LogP) is 2.27. The number of nitrogens with zero attached hydrogens (tertiary/aromatic N) is 1. The fourth-order valence-electron chi connectivity index (χ4n) is 2.11. The first-order valence-corrected chi connectivity index (χ1v) is 7.14. The van der Waals surface area contributed by atoms with Gasteiger partial charge in [0, 0.05) is 19.0 Å². The molecule has 0 radical (unpaired) electrons. The summed E-state index contributed by atoms with van der Waals surface area (Å²) < 4.78 is 47.3. The normalized spacial score (nSPS) is 17.1. The van der Waals surface area contributed by atoms with E-state index in [0.29, 0.717) is 12.1 Å². The predicted molar refractivity (Wildman–Crippen MR) is 76.7 cm³/mol. The first-order chi connectivity index (χ1) is 11.7. The van der Waals surface area contributed by atoms with Gasteiger partial charge in [0.2, 0.25) is 6.10 Å². The van der Waals surface area contributed by atoms with Crippen LogP contribution < -0.4 is 5.32 Å². The summed E-state index contributed by atoms with van der Waals surface area (Å²) >= 11 is 0. The third-order valence-corrected chi connectivity index (χ3v) is 3.33. The van der Waals surface area contributed by atoms with Crippen molar-refractivity contribution in [2.45, 2.75) is 25.1 Å². The maximum Gasteiger partial charge on any atom is 0.416 e. The molecular formula is C14H13F3N2O6. The molecule has 0 saturated carbocycles. The average molecular weight is 362 g/mol. The van der Waals surface area contributed by atoms with Crippen LogP contribution in [0.15, 0.2) is 18.2 Å². The average Bonchev–Trinajstić information content (AvgIpc) is 2.91. The number of carbonyl (C=O) groups excluding carboxylic acids is 2. The summed E-state index contributed by atoms with van der Waals surface area (Å²) in [5, 5.41) is 13.4. The lowest BCUT2D eigenvalue weighted by atomic mass is 10.1. The summed E-state index contributed by atoms with van der Waals surface area (Å²) in [7, 11) is 0. The third-order valence-electron chi connectivity index (χ3n) is 3.33. The van der Waals surface area contributed by atoms with E-state index in [0.717, 1.165) is 6.07 Å². The maximum atomic E-state index is 12.6. The Bertz CT molecular complexity index is 692. The van der Waals surface area contributed by atoms with Gasteiger partial charge in [-0.2, -0.15) is 13.2 Å². The van der Waals surface area contributed by atoms with Gasteiger partial charge in [-0.15, -0.1) is 0 Å². The van der Waals surface area contributed by atoms with Gasteiger partial charge in [-0.1, -0.05) is 0 Å². The van der Waals surface area contributed by atoms with Gasteiger partial charge in [0.1, 0.15) is 5.69 Å². The van der Waals surface area contributed by atoms with E-state index >= 15 is 0 Å². The zero-order valence-electron chi connectivity index (χ0n) is 12.7. The van der Waals surface area contributed by atoms with Crippen LogP contribution >= 0.6 is 0 Å². The van der Waals surface area contributed by atoms with Gasteiger partial charge in [-0.05, 0) is 12.1 Å². The second kappa shape index (κ2) is 7.36. The number of carbonyl (C=O) groups is 2. The van der Waals surface area contributed by atoms with E-state index in [4.69, 9.17) is 4.74 Å². The van der Waals surface area contributed by atoms with Crippen molar-refractivity contribution in [1.29, 1.82) is 0 Å². The Morgan fingerprint density at radius 3 is 2.72 bits per heavy atom. The van der Waals surface area contributed by atoms with E-state index in [2.05, 4.69) is 10.1 Å². The monoisotopic (exact) mass is 362 g/mol. The topological polar surface area (TPSA) is 108 Å². The number of ether oxygens (including phenoxy) is 2. The summed E-state index contributed by atoms with van der Waals surface area (Å²) in [6, 6.07) is 2.03. The molecule has 136 valence electrons. The van der Waals surface area contributed by atoms with E-state index in [1.807, 2.05) is 0 Å². The number of halogens is 3. The Balaban J connectivity index is 1.94. The van der Waals surface area contributed by atoms with Gasteiger partial charge in [0.05, 0.1) is 23.5 Å². The second-order valence-corrected chi connectivity index (χ2v) is 5.10. The van der Waals surface area contributed by atoms with Gasteiger partial charge in [0.25, 0.3) is 5.69 Å². The summed E-state index contributed by atoms with van der Waals surface area (Å²) in [4.78, 5) is 32.7. The Labute approximate surface area is 139 Å². The molecule has 0 aromatic heterocycles. The maximum absolute atomic E-state index is 12.6. The summed E-state index contributed by atoms with van der Waals surface area (Å²) in [6.45, 7) is 0.0413. The van der Waals surface area contributed by atoms with E-state index in [-0.39, 0.29) is 31.7 Å². The molecule has 0 spiro atoms. The van der Waals surface area contributed by atoms with Gasteiger partial charge < -0.3 is 14.8 Å². The highest BCUT2D eigenvalue weighted by atomic mass is 19.4. The number of nitro groups is 1. The van der Waals surface area contributed by atoms with Crippen LogP contribution in [-0.4, -0.2) is 36.1 Å². The Morgan fingerprint density at radius 2 is 2.16 bits per heavy atom. The van der Waals surface area contributed by atoms with Crippen LogP contribution in [-0.2, 0) is 25.2 Å². The molecule has 0 unspecified atom stereocenters. The Morgan fingerprint density at radius 1 is 1.44 bits per heavy atom. The van der Waals surface area contributed by atoms with Gasteiger partial charge >= 0.3 is 18.1 Å². The number of esters is 2. The highest BCUT2D eigenvalue weighted by Crippen LogP contribution is 2.34. The molecule has 1 aromatic carbocycles. The highest BCUT2D eigenvalue weighted by Gasteiger charge is 2.33. The lowest BCUT2D eigenvalue weighted by Gasteiger charge is -2.11. The molecule has 0 amide bonds. The summed E-state index contributed by atoms with van der Waals surface area (Å²) in [5.74, 6) is -1.37. The molecule has 1 fully saturated rings. The molecule has 11 heteroatoms. The molecule has 1 heterocycles. The van der Waals surface area contributed by atoms with Crippen LogP contribution in [0, 0.1) is 10.1 Å². The number of hydrogen-bond donors (Lipinski definition) is 1. The van der Waals surface area contributed by atoms with Crippen LogP contribution in [0.3, 0.4) is 0 Å². The van der Waals surface area contributed by atoms with Crippen molar-refractivity contribution in [3.8, 4) is 0 Å². The van der Waals surface area contributed by atoms with E-state index < -0.39 is 40.4 Å². The standard InChI is InChI=1S/C14H13F3N2O6/c15-14(16,17)8-1-2-9(10(7-8)19(22)23)18-5-3-12(20)25-11-4-6-24-13(11)21/h1-2,7,11,18H,3-6H2/t11-/m0/s1. The molecule has 2 rings (SSSR count). The van der Waals surface area contributed by atoms with E-state index in [1.54, 1.807) is 0 Å².